The molecule has 3 heteroatoms. The Morgan fingerprint density at radius 2 is 1.79 bits per heavy atom. The molecular weight excluding hydrogens is 243 g/mol. The quantitative estimate of drug-likeness (QED) is 0.914. The summed E-state index contributed by atoms with van der Waals surface area (Å²) in [6, 6.07) is 10.3. The molecule has 2 rings (SSSR count). The van der Waals surface area contributed by atoms with Crippen molar-refractivity contribution in [1.82, 2.24) is 0 Å². The van der Waals surface area contributed by atoms with Crippen LogP contribution in [-0.2, 0) is 0 Å². The highest BCUT2D eigenvalue weighted by molar-refractivity contribution is 5.40. The van der Waals surface area contributed by atoms with Gasteiger partial charge in [0, 0.05) is 11.6 Å². The zero-order valence-electron chi connectivity index (χ0n) is 11.3. The Balaban J connectivity index is 2.43. The molecule has 2 aromatic rings. The van der Waals surface area contributed by atoms with E-state index >= 15 is 0 Å². The van der Waals surface area contributed by atoms with Gasteiger partial charge in [0.25, 0.3) is 0 Å². The van der Waals surface area contributed by atoms with E-state index in [4.69, 9.17) is 4.74 Å². The molecule has 19 heavy (non-hydrogen) atoms. The highest BCUT2D eigenvalue weighted by atomic mass is 19.1. The summed E-state index contributed by atoms with van der Waals surface area (Å²) in [7, 11) is 1.48. The van der Waals surface area contributed by atoms with Gasteiger partial charge in [-0.2, -0.15) is 0 Å². The summed E-state index contributed by atoms with van der Waals surface area (Å²) in [4.78, 5) is 0. The number of benzene rings is 2. The third kappa shape index (κ3) is 2.76. The van der Waals surface area contributed by atoms with Crippen LogP contribution in [0.4, 0.5) is 4.39 Å². The van der Waals surface area contributed by atoms with Crippen LogP contribution in [0.5, 0.6) is 5.75 Å². The highest BCUT2D eigenvalue weighted by Crippen LogP contribution is 2.29. The van der Waals surface area contributed by atoms with Crippen molar-refractivity contribution in [3.05, 3.63) is 64.5 Å². The molecule has 0 aliphatic carbocycles. The number of hydrogen-bond acceptors (Lipinski definition) is 2. The van der Waals surface area contributed by atoms with Gasteiger partial charge in [0.05, 0.1) is 7.11 Å². The van der Waals surface area contributed by atoms with E-state index in [1.807, 2.05) is 32.0 Å². The van der Waals surface area contributed by atoms with Gasteiger partial charge < -0.3 is 9.84 Å². The van der Waals surface area contributed by atoms with E-state index in [0.717, 1.165) is 16.7 Å². The number of aliphatic hydroxyl groups is 1. The summed E-state index contributed by atoms with van der Waals surface area (Å²) < 4.78 is 18.9. The van der Waals surface area contributed by atoms with Gasteiger partial charge in [-0.3, -0.25) is 0 Å². The number of methoxy groups -OCH3 is 1. The van der Waals surface area contributed by atoms with Gasteiger partial charge in [-0.15, -0.1) is 0 Å². The van der Waals surface area contributed by atoms with Crippen molar-refractivity contribution >= 4 is 0 Å². The first-order valence-corrected chi connectivity index (χ1v) is 6.11. The predicted octanol–water partition coefficient (Wildman–Crippen LogP) is 3.53. The van der Waals surface area contributed by atoms with Crippen LogP contribution in [0.2, 0.25) is 0 Å². The smallest absolute Gasteiger partial charge is 0.133 e. The molecule has 0 radical (unpaired) electrons. The molecule has 0 aliphatic heterocycles. The molecule has 0 heterocycles. The maximum Gasteiger partial charge on any atom is 0.133 e. The van der Waals surface area contributed by atoms with Gasteiger partial charge in [0.1, 0.15) is 17.7 Å². The molecule has 1 atom stereocenters. The van der Waals surface area contributed by atoms with E-state index in [-0.39, 0.29) is 5.56 Å². The van der Waals surface area contributed by atoms with Crippen LogP contribution < -0.4 is 4.74 Å². The average Bonchev–Trinajstić information content (AvgIpc) is 2.40. The summed E-state index contributed by atoms with van der Waals surface area (Å²) in [6.45, 7) is 3.85. The molecule has 0 spiro atoms. The molecule has 2 aromatic carbocycles. The van der Waals surface area contributed by atoms with Crippen molar-refractivity contribution < 1.29 is 14.2 Å². The van der Waals surface area contributed by atoms with Gasteiger partial charge in [0.15, 0.2) is 0 Å². The monoisotopic (exact) mass is 260 g/mol. The van der Waals surface area contributed by atoms with Crippen molar-refractivity contribution in [2.75, 3.05) is 7.11 Å². The number of aryl methyl sites for hydroxylation is 2. The van der Waals surface area contributed by atoms with Crippen LogP contribution in [0.15, 0.2) is 36.4 Å². The van der Waals surface area contributed by atoms with Crippen LogP contribution in [0.3, 0.4) is 0 Å². The third-order valence-corrected chi connectivity index (χ3v) is 3.23. The number of hydrogen-bond donors (Lipinski definition) is 1. The van der Waals surface area contributed by atoms with E-state index in [1.54, 1.807) is 12.1 Å². The van der Waals surface area contributed by atoms with E-state index < -0.39 is 11.9 Å². The fourth-order valence-electron chi connectivity index (χ4n) is 2.08. The summed E-state index contributed by atoms with van der Waals surface area (Å²) in [6.07, 6.45) is -0.967. The fraction of sp³-hybridized carbons (Fsp3) is 0.250. The minimum absolute atomic E-state index is 0.259. The highest BCUT2D eigenvalue weighted by Gasteiger charge is 2.17. The molecule has 1 N–H and O–H groups in total. The summed E-state index contributed by atoms with van der Waals surface area (Å²) in [5, 5.41) is 10.4. The van der Waals surface area contributed by atoms with Gasteiger partial charge in [0.2, 0.25) is 0 Å². The number of rotatable bonds is 3. The van der Waals surface area contributed by atoms with Crippen molar-refractivity contribution in [3.8, 4) is 5.75 Å². The molecule has 0 fully saturated rings. The lowest BCUT2D eigenvalue weighted by atomic mass is 9.95. The predicted molar refractivity (Wildman–Crippen MR) is 72.9 cm³/mol. The molecule has 0 aliphatic rings. The Hall–Kier alpha value is -1.87. The maximum absolute atomic E-state index is 14.0. The molecule has 100 valence electrons. The first kappa shape index (κ1) is 13.6. The van der Waals surface area contributed by atoms with Crippen LogP contribution in [0, 0.1) is 19.7 Å². The number of aliphatic hydroxyl groups excluding tert-OH is 1. The second-order valence-electron chi connectivity index (χ2n) is 4.65. The topological polar surface area (TPSA) is 29.5 Å². The maximum atomic E-state index is 14.0. The lowest BCUT2D eigenvalue weighted by Crippen LogP contribution is -2.05. The second kappa shape index (κ2) is 5.41. The third-order valence-electron chi connectivity index (χ3n) is 3.23. The lowest BCUT2D eigenvalue weighted by Gasteiger charge is -2.16. The average molecular weight is 260 g/mol. The van der Waals surface area contributed by atoms with E-state index in [2.05, 4.69) is 0 Å². The molecule has 2 nitrogen and oxygen atoms in total. The van der Waals surface area contributed by atoms with Gasteiger partial charge in [-0.05, 0) is 37.1 Å². The van der Waals surface area contributed by atoms with Crippen molar-refractivity contribution in [1.29, 1.82) is 0 Å². The molecule has 0 saturated heterocycles. The van der Waals surface area contributed by atoms with E-state index in [1.165, 1.54) is 13.2 Å². The largest absolute Gasteiger partial charge is 0.497 e. The van der Waals surface area contributed by atoms with Crippen molar-refractivity contribution in [2.24, 2.45) is 0 Å². The minimum atomic E-state index is -0.967. The molecular formula is C16H17FO2. The van der Waals surface area contributed by atoms with Crippen molar-refractivity contribution in [3.63, 3.8) is 0 Å². The summed E-state index contributed by atoms with van der Waals surface area (Å²) >= 11 is 0. The minimum Gasteiger partial charge on any atom is -0.497 e. The SMILES string of the molecule is COc1ccc(C(O)c2cc(C)ccc2C)c(F)c1. The van der Waals surface area contributed by atoms with Crippen LogP contribution in [0.25, 0.3) is 0 Å². The van der Waals surface area contributed by atoms with E-state index in [0.29, 0.717) is 5.75 Å². The Bertz CT molecular complexity index is 593. The van der Waals surface area contributed by atoms with Crippen molar-refractivity contribution in [2.45, 2.75) is 20.0 Å². The summed E-state index contributed by atoms with van der Waals surface area (Å²) in [5.74, 6) is -0.0258. The number of ether oxygens (including phenoxy) is 1. The van der Waals surface area contributed by atoms with E-state index in [9.17, 15) is 9.50 Å². The molecule has 1 unspecified atom stereocenters. The molecule has 0 bridgehead atoms. The number of halogens is 1. The first-order chi connectivity index (χ1) is 9.02. The Morgan fingerprint density at radius 1 is 1.05 bits per heavy atom. The summed E-state index contributed by atoms with van der Waals surface area (Å²) in [5.41, 5.74) is 2.96. The first-order valence-electron chi connectivity index (χ1n) is 6.11. The Labute approximate surface area is 112 Å². The zero-order chi connectivity index (χ0) is 14.0. The standard InChI is InChI=1S/C16H17FO2/c1-10-4-5-11(2)14(8-10)16(18)13-7-6-12(19-3)9-15(13)17/h4-9,16,18H,1-3H3. The zero-order valence-corrected chi connectivity index (χ0v) is 11.3. The molecule has 0 amide bonds. The van der Waals surface area contributed by atoms with Crippen LogP contribution in [0.1, 0.15) is 28.4 Å². The van der Waals surface area contributed by atoms with Gasteiger partial charge in [-0.25, -0.2) is 4.39 Å². The normalized spacial score (nSPS) is 12.3. The fourth-order valence-corrected chi connectivity index (χ4v) is 2.08. The molecule has 0 saturated carbocycles. The van der Waals surface area contributed by atoms with Gasteiger partial charge >= 0.3 is 0 Å². The Kier molecular flexibility index (Phi) is 3.86. The lowest BCUT2D eigenvalue weighted by molar-refractivity contribution is 0.214. The van der Waals surface area contributed by atoms with Crippen LogP contribution in [-0.4, -0.2) is 12.2 Å². The second-order valence-corrected chi connectivity index (χ2v) is 4.65. The van der Waals surface area contributed by atoms with Crippen LogP contribution >= 0.6 is 0 Å². The van der Waals surface area contributed by atoms with Gasteiger partial charge in [-0.1, -0.05) is 23.8 Å². The Morgan fingerprint density at radius 3 is 2.42 bits per heavy atom. The molecule has 0 aromatic heterocycles.